The molecule has 2 N–H and O–H groups in total. The maximum absolute atomic E-state index is 10.7. The number of ether oxygens (including phenoxy) is 1. The van der Waals surface area contributed by atoms with Crippen molar-refractivity contribution < 1.29 is 19.7 Å². The minimum Gasteiger partial charge on any atom is -0.504 e. The molecule has 0 heterocycles. The molecule has 0 atom stereocenters. The zero-order valence-electron chi connectivity index (χ0n) is 14.4. The van der Waals surface area contributed by atoms with E-state index in [9.17, 15) is 9.90 Å². The fourth-order valence-electron chi connectivity index (χ4n) is 2.82. The van der Waals surface area contributed by atoms with Crippen molar-refractivity contribution in [1.82, 2.24) is 0 Å². The van der Waals surface area contributed by atoms with Gasteiger partial charge < -0.3 is 14.9 Å². The van der Waals surface area contributed by atoms with Crippen molar-refractivity contribution >= 4 is 6.16 Å². The minimum absolute atomic E-state index is 0.00288. The van der Waals surface area contributed by atoms with Crippen molar-refractivity contribution in [3.05, 3.63) is 23.3 Å². The van der Waals surface area contributed by atoms with E-state index in [1.54, 1.807) is 6.07 Å². The lowest BCUT2D eigenvalue weighted by atomic mass is 9.95. The first-order valence-electron chi connectivity index (χ1n) is 8.84. The van der Waals surface area contributed by atoms with Crippen LogP contribution in [0.1, 0.15) is 76.3 Å². The molecule has 0 aromatic heterocycles. The lowest BCUT2D eigenvalue weighted by Crippen LogP contribution is -2.05. The summed E-state index contributed by atoms with van der Waals surface area (Å²) in [5.41, 5.74) is 1.98. The van der Waals surface area contributed by atoms with Crippen molar-refractivity contribution in [2.24, 2.45) is 0 Å². The van der Waals surface area contributed by atoms with Crippen LogP contribution in [0.5, 0.6) is 11.5 Å². The molecule has 4 nitrogen and oxygen atoms in total. The van der Waals surface area contributed by atoms with Crippen LogP contribution in [0.3, 0.4) is 0 Å². The summed E-state index contributed by atoms with van der Waals surface area (Å²) < 4.78 is 4.68. The van der Waals surface area contributed by atoms with E-state index in [0.29, 0.717) is 0 Å². The third kappa shape index (κ3) is 6.93. The normalized spacial score (nSPS) is 10.7. The van der Waals surface area contributed by atoms with Crippen molar-refractivity contribution in [3.63, 3.8) is 0 Å². The number of hydrogen-bond donors (Lipinski definition) is 2. The molecule has 0 saturated carbocycles. The average Bonchev–Trinajstić information content (AvgIpc) is 2.52. The molecule has 0 fully saturated rings. The SMILES string of the molecule is CCCCCCc1ccc(OC(=O)O)c(O)c1CCCCCC. The first kappa shape index (κ1) is 19.3. The van der Waals surface area contributed by atoms with Crippen LogP contribution in [0.25, 0.3) is 0 Å². The number of carbonyl (C=O) groups is 1. The van der Waals surface area contributed by atoms with Gasteiger partial charge in [-0.25, -0.2) is 4.79 Å². The largest absolute Gasteiger partial charge is 0.511 e. The first-order chi connectivity index (χ1) is 11.1. The molecule has 4 heteroatoms. The monoisotopic (exact) mass is 322 g/mol. The Morgan fingerprint density at radius 3 is 2.13 bits per heavy atom. The second kappa shape index (κ2) is 10.9. The number of phenols is 1. The summed E-state index contributed by atoms with van der Waals surface area (Å²) in [6.45, 7) is 4.35. The number of aromatic hydroxyl groups is 1. The summed E-state index contributed by atoms with van der Waals surface area (Å²) in [5, 5.41) is 19.2. The Morgan fingerprint density at radius 2 is 1.57 bits per heavy atom. The van der Waals surface area contributed by atoms with Gasteiger partial charge in [0, 0.05) is 5.56 Å². The fraction of sp³-hybridized carbons (Fsp3) is 0.632. The van der Waals surface area contributed by atoms with Gasteiger partial charge in [0.05, 0.1) is 0 Å². The number of benzene rings is 1. The summed E-state index contributed by atoms with van der Waals surface area (Å²) in [5.74, 6) is 0.0391. The summed E-state index contributed by atoms with van der Waals surface area (Å²) in [6, 6.07) is 3.47. The molecular formula is C19H30O4. The standard InChI is InChI=1S/C19H30O4/c1-3-5-7-9-11-15-13-14-17(23-19(21)22)18(20)16(15)12-10-8-6-4-2/h13-14,20H,3-12H2,1-2H3,(H,21,22). The maximum Gasteiger partial charge on any atom is 0.511 e. The van der Waals surface area contributed by atoms with Crippen molar-refractivity contribution in [1.29, 1.82) is 0 Å². The topological polar surface area (TPSA) is 66.8 Å². The van der Waals surface area contributed by atoms with Gasteiger partial charge in [-0.15, -0.1) is 0 Å². The highest BCUT2D eigenvalue weighted by Crippen LogP contribution is 2.34. The molecule has 0 aliphatic carbocycles. The van der Waals surface area contributed by atoms with Crippen molar-refractivity contribution in [3.8, 4) is 11.5 Å². The molecule has 0 unspecified atom stereocenters. The van der Waals surface area contributed by atoms with Gasteiger partial charge >= 0.3 is 6.16 Å². The smallest absolute Gasteiger partial charge is 0.504 e. The van der Waals surface area contributed by atoms with Gasteiger partial charge in [0.25, 0.3) is 0 Å². The Balaban J connectivity index is 2.84. The molecule has 23 heavy (non-hydrogen) atoms. The lowest BCUT2D eigenvalue weighted by Gasteiger charge is -2.14. The minimum atomic E-state index is -1.40. The Kier molecular flexibility index (Phi) is 9.18. The van der Waals surface area contributed by atoms with Gasteiger partial charge in [-0.2, -0.15) is 0 Å². The zero-order chi connectivity index (χ0) is 17.1. The molecule has 0 spiro atoms. The summed E-state index contributed by atoms with van der Waals surface area (Å²) in [7, 11) is 0. The lowest BCUT2D eigenvalue weighted by molar-refractivity contribution is 0.142. The predicted molar refractivity (Wildman–Crippen MR) is 92.5 cm³/mol. The van der Waals surface area contributed by atoms with Crippen LogP contribution < -0.4 is 4.74 Å². The molecule has 0 saturated heterocycles. The molecular weight excluding hydrogens is 292 g/mol. The molecule has 0 aliphatic heterocycles. The Hall–Kier alpha value is -1.71. The van der Waals surface area contributed by atoms with Gasteiger partial charge in [-0.05, 0) is 37.3 Å². The zero-order valence-corrected chi connectivity index (χ0v) is 14.4. The highest BCUT2D eigenvalue weighted by atomic mass is 16.7. The van der Waals surface area contributed by atoms with E-state index in [4.69, 9.17) is 5.11 Å². The average molecular weight is 322 g/mol. The highest BCUT2D eigenvalue weighted by Gasteiger charge is 2.15. The van der Waals surface area contributed by atoms with Gasteiger partial charge in [-0.3, -0.25) is 0 Å². The summed E-state index contributed by atoms with van der Waals surface area (Å²) in [6.07, 6.45) is 9.45. The van der Waals surface area contributed by atoms with E-state index in [-0.39, 0.29) is 11.5 Å². The second-order valence-electron chi connectivity index (χ2n) is 6.04. The third-order valence-electron chi connectivity index (χ3n) is 4.12. The molecule has 0 aliphatic rings. The van der Waals surface area contributed by atoms with Gasteiger partial charge in [-0.1, -0.05) is 58.4 Å². The van der Waals surface area contributed by atoms with Crippen molar-refractivity contribution in [2.75, 3.05) is 0 Å². The third-order valence-corrected chi connectivity index (χ3v) is 4.12. The number of carboxylic acid groups (broad SMARTS) is 1. The Morgan fingerprint density at radius 1 is 0.957 bits per heavy atom. The second-order valence-corrected chi connectivity index (χ2v) is 6.04. The molecule has 0 bridgehead atoms. The number of unbranched alkanes of at least 4 members (excludes halogenated alkanes) is 6. The van der Waals surface area contributed by atoms with E-state index in [2.05, 4.69) is 18.6 Å². The molecule has 130 valence electrons. The fourth-order valence-corrected chi connectivity index (χ4v) is 2.82. The quantitative estimate of drug-likeness (QED) is 0.312. The van der Waals surface area contributed by atoms with Gasteiger partial charge in [0.15, 0.2) is 11.5 Å². The van der Waals surface area contributed by atoms with Gasteiger partial charge in [0.1, 0.15) is 0 Å². The molecule has 1 rings (SSSR count). The molecule has 1 aromatic carbocycles. The van der Waals surface area contributed by atoms with Crippen LogP contribution in [0.15, 0.2) is 12.1 Å². The molecule has 1 aromatic rings. The van der Waals surface area contributed by atoms with E-state index in [1.807, 2.05) is 6.07 Å². The molecule has 0 amide bonds. The number of hydrogen-bond acceptors (Lipinski definition) is 3. The Labute approximate surface area is 139 Å². The van der Waals surface area contributed by atoms with Crippen LogP contribution in [-0.4, -0.2) is 16.4 Å². The molecule has 0 radical (unpaired) electrons. The number of phenolic OH excluding ortho intramolecular Hbond substituents is 1. The summed E-state index contributed by atoms with van der Waals surface area (Å²) >= 11 is 0. The van der Waals surface area contributed by atoms with E-state index >= 15 is 0 Å². The number of aryl methyl sites for hydroxylation is 1. The van der Waals surface area contributed by atoms with Crippen LogP contribution in [0, 0.1) is 0 Å². The van der Waals surface area contributed by atoms with E-state index in [1.165, 1.54) is 25.7 Å². The highest BCUT2D eigenvalue weighted by molar-refractivity contribution is 5.64. The van der Waals surface area contributed by atoms with Crippen LogP contribution >= 0.6 is 0 Å². The van der Waals surface area contributed by atoms with Crippen LogP contribution in [0.4, 0.5) is 4.79 Å². The van der Waals surface area contributed by atoms with Crippen LogP contribution in [0.2, 0.25) is 0 Å². The van der Waals surface area contributed by atoms with E-state index in [0.717, 1.165) is 49.7 Å². The summed E-state index contributed by atoms with van der Waals surface area (Å²) in [4.78, 5) is 10.7. The Bertz CT molecular complexity index is 483. The van der Waals surface area contributed by atoms with E-state index < -0.39 is 6.16 Å². The predicted octanol–water partition coefficient (Wildman–Crippen LogP) is 5.69. The maximum atomic E-state index is 10.7. The first-order valence-corrected chi connectivity index (χ1v) is 8.84. The van der Waals surface area contributed by atoms with Gasteiger partial charge in [0.2, 0.25) is 0 Å². The van der Waals surface area contributed by atoms with Crippen molar-refractivity contribution in [2.45, 2.75) is 78.1 Å². The number of rotatable bonds is 11. The van der Waals surface area contributed by atoms with Crippen LogP contribution in [-0.2, 0) is 12.8 Å².